The van der Waals surface area contributed by atoms with Gasteiger partial charge in [-0.25, -0.2) is 4.57 Å². The Morgan fingerprint density at radius 3 is 1.60 bits per heavy atom. The van der Waals surface area contributed by atoms with Gasteiger partial charge in [0, 0.05) is 55.3 Å². The number of hydrogen-bond acceptors (Lipinski definition) is 7. The lowest BCUT2D eigenvalue weighted by Gasteiger charge is -2.24. The summed E-state index contributed by atoms with van der Waals surface area (Å²) in [6.45, 7) is -4.63. The number of carbonyl (C=O) groups is 2. The van der Waals surface area contributed by atoms with Crippen molar-refractivity contribution in [3.63, 3.8) is 0 Å². The van der Waals surface area contributed by atoms with E-state index in [0.717, 1.165) is 38.5 Å². The van der Waals surface area contributed by atoms with Crippen LogP contribution in [0.1, 0.15) is 248 Å². The van der Waals surface area contributed by atoms with Crippen LogP contribution in [-0.4, -0.2) is 74.9 Å². The molecule has 310 valence electrons. The molecule has 0 aromatic rings. The highest BCUT2D eigenvalue weighted by Gasteiger charge is 2.27. The highest BCUT2D eigenvalue weighted by Crippen LogP contribution is 2.43. The van der Waals surface area contributed by atoms with Crippen molar-refractivity contribution in [2.45, 2.75) is 212 Å². The molecule has 1 N–H and O–H groups in total. The smallest absolute Gasteiger partial charge is 0.462 e. The van der Waals surface area contributed by atoms with Crippen molar-refractivity contribution in [2.75, 3.05) is 47.5 Å². The minimum atomic E-state index is -5.24. The second kappa shape index (κ2) is 35.7. The van der Waals surface area contributed by atoms with Gasteiger partial charge in [0.05, 0.1) is 27.7 Å². The van der Waals surface area contributed by atoms with E-state index in [9.17, 15) is 19.0 Å². The number of nitrogens with zero attached hydrogens (tertiary/aromatic N) is 1. The predicted molar refractivity (Wildman–Crippen MR) is 215 cm³/mol. The molecular formula is C42H85NO8P+. The van der Waals surface area contributed by atoms with Gasteiger partial charge in [-0.1, -0.05) is 180 Å². The molecule has 0 rings (SSSR count). The van der Waals surface area contributed by atoms with Gasteiger partial charge in [-0.05, 0) is 12.8 Å². The maximum Gasteiger partial charge on any atom is 0.472 e. The number of hydrogen-bond donors (Lipinski definition) is 1. The van der Waals surface area contributed by atoms with Gasteiger partial charge >= 0.3 is 19.8 Å². The van der Waals surface area contributed by atoms with Gasteiger partial charge in [0.25, 0.3) is 0 Å². The van der Waals surface area contributed by atoms with Crippen LogP contribution in [0.5, 0.6) is 0 Å². The topological polar surface area (TPSA) is 108 Å². The maximum absolute atomic E-state index is 13.5. The Morgan fingerprint density at radius 1 is 0.654 bits per heavy atom. The van der Waals surface area contributed by atoms with E-state index < -0.39 is 135 Å². The quantitative estimate of drug-likeness (QED) is 0.0283. The van der Waals surface area contributed by atoms with Crippen LogP contribution in [0.4, 0.5) is 0 Å². The minimum Gasteiger partial charge on any atom is -0.462 e. The molecule has 52 heavy (non-hydrogen) atoms. The van der Waals surface area contributed by atoms with Crippen molar-refractivity contribution in [3.05, 3.63) is 0 Å². The van der Waals surface area contributed by atoms with Gasteiger partial charge in [0.15, 0.2) is 6.10 Å². The molecule has 0 radical (unpaired) electrons. The summed E-state index contributed by atoms with van der Waals surface area (Å²) in [6.07, 6.45) is -56.7. The van der Waals surface area contributed by atoms with E-state index in [1.807, 2.05) is 0 Å². The van der Waals surface area contributed by atoms with Gasteiger partial charge in [0.1, 0.15) is 19.8 Å². The third kappa shape index (κ3) is 38.7. The Morgan fingerprint density at radius 2 is 1.12 bits per heavy atom. The molecule has 0 aliphatic rings. The largest absolute Gasteiger partial charge is 0.472 e. The van der Waals surface area contributed by atoms with Crippen molar-refractivity contribution in [1.29, 1.82) is 0 Å². The van der Waals surface area contributed by atoms with Crippen LogP contribution in [-0.2, 0) is 32.7 Å². The first-order valence-electron chi connectivity index (χ1n) is 33.5. The van der Waals surface area contributed by atoms with E-state index in [4.69, 9.17) is 61.0 Å². The van der Waals surface area contributed by atoms with Crippen LogP contribution in [0.25, 0.3) is 0 Å². The first-order valence-corrected chi connectivity index (χ1v) is 19.4. The molecular weight excluding hydrogens is 677 g/mol. The van der Waals surface area contributed by atoms with E-state index in [1.165, 1.54) is 44.9 Å². The molecule has 10 heteroatoms. The number of unbranched alkanes of at least 4 members (excludes halogenated alkanes) is 14. The molecule has 0 fully saturated rings. The number of likely N-dealkylation sites (N-methyl/N-ethyl adjacent to an activating group) is 1. The third-order valence-electron chi connectivity index (χ3n) is 7.04. The zero-order valence-electron chi connectivity index (χ0n) is 62.4. The number of rotatable bonds is 40. The molecule has 0 heterocycles. The third-order valence-corrected chi connectivity index (χ3v) is 8.02. The standard InChI is InChI=1S/C42H84NO8P/c1-6-8-10-12-14-16-18-20-21-23-25-27-29-31-33-35-42(45)51-40(39-50-52(46,47)49-37-36-43(3,4)5)38-48-41(44)34-32-30-28-26-24-22-19-17-15-13-11-9-7-2/h40H,6-39H2,1-5H3/p+1/t40-/m1/s1/i2D3,7D2,9D2,11D2,13D2,15D2,17D2,19D2,22D2,24D2,26D2,28D2,30D2,32D2,34D2. The van der Waals surface area contributed by atoms with Crippen molar-refractivity contribution in [1.82, 2.24) is 0 Å². The molecule has 0 aliphatic carbocycles. The average molecular weight is 794 g/mol. The summed E-state index contributed by atoms with van der Waals surface area (Å²) in [5.41, 5.74) is 0. The van der Waals surface area contributed by atoms with E-state index in [-0.39, 0.29) is 30.5 Å². The molecule has 0 bridgehead atoms. The number of carbonyl (C=O) groups excluding carboxylic acids is 2. The second-order valence-corrected chi connectivity index (χ2v) is 14.2. The number of phosphoric acid groups is 1. The molecule has 0 aromatic heterocycles. The van der Waals surface area contributed by atoms with Crippen LogP contribution in [0, 0.1) is 0 Å². The monoisotopic (exact) mass is 794 g/mol. The highest BCUT2D eigenvalue weighted by atomic mass is 31.2. The fourth-order valence-corrected chi connectivity index (χ4v) is 5.02. The summed E-state index contributed by atoms with van der Waals surface area (Å²) >= 11 is 0. The first kappa shape index (κ1) is 19.4. The molecule has 0 aliphatic heterocycles. The Kier molecular flexibility index (Phi) is 13.3. The summed E-state index contributed by atoms with van der Waals surface area (Å²) in [7, 11) is 0.200. The van der Waals surface area contributed by atoms with Crippen LogP contribution in [0.3, 0.4) is 0 Å². The molecule has 1 unspecified atom stereocenters. The Balaban J connectivity index is 6.80. The average Bonchev–Trinajstić information content (AvgIpc) is 3.31. The van der Waals surface area contributed by atoms with Crippen molar-refractivity contribution in [2.24, 2.45) is 0 Å². The molecule has 0 saturated carbocycles. The van der Waals surface area contributed by atoms with E-state index in [2.05, 4.69) is 6.92 Å². The summed E-state index contributed by atoms with van der Waals surface area (Å²) in [6, 6.07) is 0. The zero-order chi connectivity index (χ0) is 66.2. The van der Waals surface area contributed by atoms with Crippen molar-refractivity contribution < 1.29 is 84.5 Å². The Hall–Kier alpha value is -0.990. The molecule has 0 saturated heterocycles. The zero-order valence-corrected chi connectivity index (χ0v) is 32.3. The van der Waals surface area contributed by atoms with Gasteiger partial charge in [-0.2, -0.15) is 0 Å². The summed E-state index contributed by atoms with van der Waals surface area (Å²) in [4.78, 5) is 36.8. The van der Waals surface area contributed by atoms with E-state index in [1.54, 1.807) is 21.1 Å². The molecule has 2 atom stereocenters. The number of phosphoric ester groups is 1. The predicted octanol–water partition coefficient (Wildman–Crippen LogP) is 12.0. The molecule has 0 aromatic carbocycles. The summed E-state index contributed by atoms with van der Waals surface area (Å²) in [5.74, 6) is -3.47. The lowest BCUT2D eigenvalue weighted by Crippen LogP contribution is -2.37. The van der Waals surface area contributed by atoms with Gasteiger partial charge < -0.3 is 18.9 Å². The SMILES string of the molecule is [2H]C([2H])([2H])C([2H])([2H])C([2H])([2H])C([2H])([2H])C([2H])([2H])C([2H])([2H])C([2H])([2H])C([2H])([2H])C([2H])([2H])C([2H])([2H])C([2H])([2H])C([2H])([2H])C([2H])([2H])C([2H])([2H])C([2H])([2H])C(=O)OC[C@H](COP(=O)(O)OCC[N+](C)(C)C)OC(=O)CCCCCCCCCCCCCCCCC. The minimum absolute atomic E-state index is 0.182. The summed E-state index contributed by atoms with van der Waals surface area (Å²) < 4.78 is 288. The van der Waals surface area contributed by atoms with Gasteiger partial charge in [-0.15, -0.1) is 0 Å². The molecule has 0 amide bonds. The van der Waals surface area contributed by atoms with Crippen molar-refractivity contribution in [3.8, 4) is 0 Å². The van der Waals surface area contributed by atoms with Crippen LogP contribution in [0.2, 0.25) is 0 Å². The number of quaternary nitrogens is 1. The maximum atomic E-state index is 13.5. The van der Waals surface area contributed by atoms with Crippen LogP contribution >= 0.6 is 7.82 Å². The van der Waals surface area contributed by atoms with E-state index in [0.29, 0.717) is 6.42 Å². The first-order chi connectivity index (χ1) is 36.7. The Labute approximate surface area is 364 Å². The number of ether oxygens (including phenoxy) is 2. The normalized spacial score (nSPS) is 26.5. The highest BCUT2D eigenvalue weighted by molar-refractivity contribution is 7.47. The Bertz CT molecular complexity index is 2120. The fourth-order valence-electron chi connectivity index (χ4n) is 4.28. The lowest BCUT2D eigenvalue weighted by atomic mass is 10.0. The second-order valence-electron chi connectivity index (χ2n) is 12.8. The van der Waals surface area contributed by atoms with Gasteiger partial charge in [-0.3, -0.25) is 18.6 Å². The number of esters is 2. The fraction of sp³-hybridized carbons (Fsp3) is 0.952. The summed E-state index contributed by atoms with van der Waals surface area (Å²) in [5, 5.41) is 0. The van der Waals surface area contributed by atoms with Crippen LogP contribution in [0.15, 0.2) is 0 Å². The van der Waals surface area contributed by atoms with Crippen LogP contribution < -0.4 is 0 Å². The molecule has 0 spiro atoms. The molecule has 9 nitrogen and oxygen atoms in total. The van der Waals surface area contributed by atoms with E-state index >= 15 is 0 Å². The van der Waals surface area contributed by atoms with Crippen molar-refractivity contribution >= 4 is 19.8 Å². The van der Waals surface area contributed by atoms with Gasteiger partial charge in [0.2, 0.25) is 0 Å². The lowest BCUT2D eigenvalue weighted by molar-refractivity contribution is -0.870.